The van der Waals surface area contributed by atoms with E-state index in [0.717, 1.165) is 16.8 Å². The summed E-state index contributed by atoms with van der Waals surface area (Å²) in [6.07, 6.45) is 5.60. The molecular formula is C15H12N2. The molecule has 0 radical (unpaired) electrons. The third-order valence-corrected chi connectivity index (χ3v) is 2.91. The van der Waals surface area contributed by atoms with Crippen LogP contribution in [0.2, 0.25) is 0 Å². The molecule has 0 aliphatic rings. The van der Waals surface area contributed by atoms with Gasteiger partial charge in [0, 0.05) is 34.4 Å². The lowest BCUT2D eigenvalue weighted by atomic mass is 10.0. The molecule has 0 aliphatic heterocycles. The van der Waals surface area contributed by atoms with E-state index in [9.17, 15) is 0 Å². The maximum absolute atomic E-state index is 4.33. The van der Waals surface area contributed by atoms with E-state index in [1.165, 1.54) is 10.9 Å². The van der Waals surface area contributed by atoms with Gasteiger partial charge in [0.05, 0.1) is 5.69 Å². The van der Waals surface area contributed by atoms with Gasteiger partial charge in [-0.2, -0.15) is 0 Å². The minimum atomic E-state index is 0.914. The molecule has 1 aromatic carbocycles. The van der Waals surface area contributed by atoms with E-state index >= 15 is 0 Å². The zero-order valence-electron chi connectivity index (χ0n) is 9.35. The molecule has 0 aliphatic carbocycles. The van der Waals surface area contributed by atoms with Crippen molar-refractivity contribution >= 4 is 17.0 Å². The molecule has 0 amide bonds. The topological polar surface area (TPSA) is 28.7 Å². The highest BCUT2D eigenvalue weighted by molar-refractivity contribution is 5.96. The molecule has 2 nitrogen and oxygen atoms in total. The van der Waals surface area contributed by atoms with Crippen LogP contribution in [0.15, 0.2) is 55.4 Å². The van der Waals surface area contributed by atoms with Gasteiger partial charge in [0.2, 0.25) is 0 Å². The fourth-order valence-electron chi connectivity index (χ4n) is 2.10. The van der Waals surface area contributed by atoms with E-state index < -0.39 is 0 Å². The molecule has 82 valence electrons. The number of nitrogens with zero attached hydrogens (tertiary/aromatic N) is 1. The van der Waals surface area contributed by atoms with Crippen LogP contribution in [0.25, 0.3) is 28.1 Å². The van der Waals surface area contributed by atoms with Gasteiger partial charge in [-0.15, -0.1) is 0 Å². The van der Waals surface area contributed by atoms with Gasteiger partial charge in [-0.05, 0) is 18.2 Å². The molecule has 0 unspecified atom stereocenters. The van der Waals surface area contributed by atoms with Crippen molar-refractivity contribution in [2.24, 2.45) is 0 Å². The van der Waals surface area contributed by atoms with Crippen molar-refractivity contribution in [3.05, 3.63) is 61.1 Å². The van der Waals surface area contributed by atoms with E-state index in [0.29, 0.717) is 0 Å². The lowest BCUT2D eigenvalue weighted by molar-refractivity contribution is 1.30. The molecule has 2 heterocycles. The Balaban J connectivity index is 2.31. The summed E-state index contributed by atoms with van der Waals surface area (Å²) in [5, 5.41) is 1.21. The first-order valence-electron chi connectivity index (χ1n) is 5.54. The van der Waals surface area contributed by atoms with Crippen LogP contribution in [-0.4, -0.2) is 9.97 Å². The fourth-order valence-corrected chi connectivity index (χ4v) is 2.10. The van der Waals surface area contributed by atoms with E-state index in [1.54, 1.807) is 12.3 Å². The van der Waals surface area contributed by atoms with Crippen molar-refractivity contribution < 1.29 is 0 Å². The first kappa shape index (κ1) is 9.85. The molecule has 17 heavy (non-hydrogen) atoms. The Morgan fingerprint density at radius 1 is 1.06 bits per heavy atom. The summed E-state index contributed by atoms with van der Waals surface area (Å²) in [6.45, 7) is 3.81. The molecule has 3 rings (SSSR count). The van der Waals surface area contributed by atoms with Crippen LogP contribution < -0.4 is 0 Å². The number of hydrogen-bond acceptors (Lipinski definition) is 1. The molecule has 3 aromatic rings. The highest BCUT2D eigenvalue weighted by Gasteiger charge is 2.08. The second-order valence-electron chi connectivity index (χ2n) is 3.89. The number of nitrogens with one attached hydrogen (secondary N) is 1. The Kier molecular flexibility index (Phi) is 2.26. The predicted octanol–water partition coefficient (Wildman–Crippen LogP) is 3.87. The summed E-state index contributed by atoms with van der Waals surface area (Å²) in [7, 11) is 0. The molecule has 0 spiro atoms. The second-order valence-corrected chi connectivity index (χ2v) is 3.89. The Morgan fingerprint density at radius 3 is 2.82 bits per heavy atom. The van der Waals surface area contributed by atoms with Gasteiger partial charge in [0.1, 0.15) is 0 Å². The maximum atomic E-state index is 4.33. The van der Waals surface area contributed by atoms with Crippen molar-refractivity contribution in [1.82, 2.24) is 9.97 Å². The zero-order valence-corrected chi connectivity index (χ0v) is 9.35. The summed E-state index contributed by atoms with van der Waals surface area (Å²) in [5.74, 6) is 0. The number of pyridine rings is 1. The number of fused-ring (bicyclic) bond motifs is 1. The van der Waals surface area contributed by atoms with Crippen molar-refractivity contribution in [2.45, 2.75) is 0 Å². The fraction of sp³-hybridized carbons (Fsp3) is 0. The minimum absolute atomic E-state index is 0.914. The van der Waals surface area contributed by atoms with Crippen LogP contribution in [0.5, 0.6) is 0 Å². The van der Waals surface area contributed by atoms with Crippen LogP contribution in [0.1, 0.15) is 5.69 Å². The second kappa shape index (κ2) is 3.91. The Morgan fingerprint density at radius 2 is 1.94 bits per heavy atom. The molecule has 1 N–H and O–H groups in total. The monoisotopic (exact) mass is 220 g/mol. The summed E-state index contributed by atoms with van der Waals surface area (Å²) in [6, 6.07) is 12.3. The molecule has 0 fully saturated rings. The van der Waals surface area contributed by atoms with Gasteiger partial charge in [-0.1, -0.05) is 30.8 Å². The normalized spacial score (nSPS) is 10.6. The third kappa shape index (κ3) is 1.54. The van der Waals surface area contributed by atoms with Crippen LogP contribution in [0.3, 0.4) is 0 Å². The number of H-pyrrole nitrogens is 1. The lowest BCUT2D eigenvalue weighted by Gasteiger charge is -2.03. The molecule has 2 aromatic heterocycles. The van der Waals surface area contributed by atoms with Crippen molar-refractivity contribution in [1.29, 1.82) is 0 Å². The van der Waals surface area contributed by atoms with Crippen LogP contribution in [0, 0.1) is 0 Å². The van der Waals surface area contributed by atoms with Crippen molar-refractivity contribution in [3.63, 3.8) is 0 Å². The van der Waals surface area contributed by atoms with E-state index in [4.69, 9.17) is 0 Å². The number of hydrogen-bond donors (Lipinski definition) is 1. The molecule has 0 bridgehead atoms. The molecule has 2 heteroatoms. The van der Waals surface area contributed by atoms with Crippen LogP contribution in [-0.2, 0) is 0 Å². The smallest absolute Gasteiger partial charge is 0.0702 e. The third-order valence-electron chi connectivity index (χ3n) is 2.91. The Labute approximate surface area is 99.6 Å². The molecular weight excluding hydrogens is 208 g/mol. The largest absolute Gasteiger partial charge is 0.361 e. The number of benzene rings is 1. The summed E-state index contributed by atoms with van der Waals surface area (Å²) in [4.78, 5) is 7.60. The number of aromatic amines is 1. The molecule has 0 atom stereocenters. The van der Waals surface area contributed by atoms with Crippen LogP contribution >= 0.6 is 0 Å². The Hall–Kier alpha value is -2.35. The van der Waals surface area contributed by atoms with Gasteiger partial charge >= 0.3 is 0 Å². The quantitative estimate of drug-likeness (QED) is 0.697. The number of rotatable bonds is 2. The Bertz CT molecular complexity index is 680. The zero-order chi connectivity index (χ0) is 11.7. The lowest BCUT2D eigenvalue weighted by Crippen LogP contribution is -1.85. The molecule has 0 saturated heterocycles. The van der Waals surface area contributed by atoms with Gasteiger partial charge in [0.25, 0.3) is 0 Å². The molecule has 0 saturated carbocycles. The average molecular weight is 220 g/mol. The van der Waals surface area contributed by atoms with E-state index in [-0.39, 0.29) is 0 Å². The van der Waals surface area contributed by atoms with Gasteiger partial charge in [-0.25, -0.2) is 0 Å². The van der Waals surface area contributed by atoms with Crippen molar-refractivity contribution in [3.8, 4) is 11.1 Å². The minimum Gasteiger partial charge on any atom is -0.361 e. The number of para-hydroxylation sites is 1. The van der Waals surface area contributed by atoms with E-state index in [1.807, 2.05) is 24.4 Å². The maximum Gasteiger partial charge on any atom is 0.0702 e. The van der Waals surface area contributed by atoms with Crippen LogP contribution in [0.4, 0.5) is 0 Å². The summed E-state index contributed by atoms with van der Waals surface area (Å²) in [5.41, 5.74) is 4.34. The predicted molar refractivity (Wildman–Crippen MR) is 71.6 cm³/mol. The van der Waals surface area contributed by atoms with E-state index in [2.05, 4.69) is 34.7 Å². The average Bonchev–Trinajstić information content (AvgIpc) is 2.82. The highest BCUT2D eigenvalue weighted by Crippen LogP contribution is 2.30. The standard InChI is InChI=1S/C15H12N2/c1-2-14-11(7-5-9-16-14)13-10-17-15-8-4-3-6-12(13)15/h2-10,17H,1H2. The SMILES string of the molecule is C=Cc1ncccc1-c1c[nH]c2ccccc12. The van der Waals surface area contributed by atoms with Gasteiger partial charge in [0.15, 0.2) is 0 Å². The van der Waals surface area contributed by atoms with Gasteiger partial charge in [-0.3, -0.25) is 4.98 Å². The number of aromatic nitrogens is 2. The van der Waals surface area contributed by atoms with Crippen molar-refractivity contribution in [2.75, 3.05) is 0 Å². The summed E-state index contributed by atoms with van der Waals surface area (Å²) >= 11 is 0. The van der Waals surface area contributed by atoms with Gasteiger partial charge < -0.3 is 4.98 Å². The summed E-state index contributed by atoms with van der Waals surface area (Å²) < 4.78 is 0. The first-order chi connectivity index (χ1) is 8.40. The highest BCUT2D eigenvalue weighted by atomic mass is 14.7. The first-order valence-corrected chi connectivity index (χ1v) is 5.54.